The quantitative estimate of drug-likeness (QED) is 0.696. The second-order valence-corrected chi connectivity index (χ2v) is 3.11. The molecule has 0 aromatic carbocycles. The lowest BCUT2D eigenvalue weighted by Gasteiger charge is -1.81. The van der Waals surface area contributed by atoms with Gasteiger partial charge in [0.05, 0.1) is 13.6 Å². The highest BCUT2D eigenvalue weighted by atomic mass is 15.1. The van der Waals surface area contributed by atoms with Gasteiger partial charge in [0.25, 0.3) is 0 Å². The lowest BCUT2D eigenvalue weighted by Crippen LogP contribution is -2.23. The van der Waals surface area contributed by atoms with E-state index < -0.39 is 0 Å². The van der Waals surface area contributed by atoms with Crippen molar-refractivity contribution in [2.24, 2.45) is 7.05 Å². The van der Waals surface area contributed by atoms with Crippen molar-refractivity contribution in [1.29, 1.82) is 5.26 Å². The largest absolute Gasteiger partial charge is 0.353 e. The summed E-state index contributed by atoms with van der Waals surface area (Å²) >= 11 is 0. The summed E-state index contributed by atoms with van der Waals surface area (Å²) < 4.78 is 4.16. The van der Waals surface area contributed by atoms with Gasteiger partial charge in [-0.05, 0) is 19.1 Å². The Morgan fingerprint density at radius 2 is 2.40 bits per heavy atom. The number of aryl methyl sites for hydroxylation is 2. The average Bonchev–Trinajstić information content (AvgIpc) is 2.88. The molecule has 0 atom stereocenters. The van der Waals surface area contributed by atoms with Gasteiger partial charge < -0.3 is 4.98 Å². The Morgan fingerprint density at radius 3 is 2.67 bits per heavy atom. The summed E-state index contributed by atoms with van der Waals surface area (Å²) in [6, 6.07) is 5.46. The Kier molecular flexibility index (Phi) is 4.17. The molecule has 4 nitrogen and oxygen atoms in total. The monoisotopic (exact) mass is 203 g/mol. The summed E-state index contributed by atoms with van der Waals surface area (Å²) in [7, 11) is 2.02. The number of aromatic nitrogens is 3. The maximum atomic E-state index is 8.15. The number of hydrogen-bond acceptors (Lipinski definition) is 1. The molecular formula is C11H15N4+. The van der Waals surface area contributed by atoms with Gasteiger partial charge in [-0.2, -0.15) is 5.26 Å². The minimum Gasteiger partial charge on any atom is -0.353 e. The van der Waals surface area contributed by atoms with Crippen molar-refractivity contribution in [3.8, 4) is 6.07 Å². The number of rotatable bonds is 1. The van der Waals surface area contributed by atoms with Crippen molar-refractivity contribution in [1.82, 2.24) is 9.55 Å². The third-order valence-electron chi connectivity index (χ3n) is 1.91. The minimum atomic E-state index is 0.611. The van der Waals surface area contributed by atoms with Crippen LogP contribution in [0.4, 0.5) is 0 Å². The average molecular weight is 203 g/mol. The van der Waals surface area contributed by atoms with E-state index in [2.05, 4.69) is 29.0 Å². The first-order valence-electron chi connectivity index (χ1n) is 4.80. The van der Waals surface area contributed by atoms with Crippen LogP contribution in [0, 0.1) is 11.3 Å². The molecule has 2 aromatic heterocycles. The summed E-state index contributed by atoms with van der Waals surface area (Å²) in [6.07, 6.45) is 7.86. The number of imidazole rings is 1. The van der Waals surface area contributed by atoms with Crippen molar-refractivity contribution in [2.45, 2.75) is 13.5 Å². The van der Waals surface area contributed by atoms with Gasteiger partial charge in [-0.1, -0.05) is 0 Å². The van der Waals surface area contributed by atoms with E-state index in [0.29, 0.717) is 5.69 Å². The zero-order chi connectivity index (χ0) is 11.1. The first-order chi connectivity index (χ1) is 7.26. The molecule has 2 aromatic rings. The summed E-state index contributed by atoms with van der Waals surface area (Å²) in [6.45, 7) is 3.18. The van der Waals surface area contributed by atoms with E-state index in [1.807, 2.05) is 23.9 Å². The van der Waals surface area contributed by atoms with Crippen molar-refractivity contribution in [2.75, 3.05) is 0 Å². The zero-order valence-electron chi connectivity index (χ0n) is 9.01. The molecule has 2 heterocycles. The van der Waals surface area contributed by atoms with Crippen LogP contribution in [0.1, 0.15) is 12.6 Å². The Morgan fingerprint density at radius 1 is 1.60 bits per heavy atom. The molecule has 15 heavy (non-hydrogen) atoms. The van der Waals surface area contributed by atoms with Crippen LogP contribution < -0.4 is 4.57 Å². The molecule has 0 amide bonds. The first kappa shape index (κ1) is 11.1. The van der Waals surface area contributed by atoms with Crippen LogP contribution in [0.5, 0.6) is 0 Å². The molecule has 0 radical (unpaired) electrons. The van der Waals surface area contributed by atoms with Gasteiger partial charge in [-0.15, -0.1) is 0 Å². The first-order valence-corrected chi connectivity index (χ1v) is 4.80. The summed E-state index contributed by atoms with van der Waals surface area (Å²) in [5, 5.41) is 8.15. The number of nitriles is 1. The van der Waals surface area contributed by atoms with Crippen LogP contribution in [0.2, 0.25) is 0 Å². The SMILES string of the molecule is CCn1cc[n+](C)c1.N#Cc1ccc[nH]1. The second-order valence-electron chi connectivity index (χ2n) is 3.11. The molecule has 1 N–H and O–H groups in total. The fraction of sp³-hybridized carbons (Fsp3) is 0.273. The van der Waals surface area contributed by atoms with Crippen LogP contribution >= 0.6 is 0 Å². The van der Waals surface area contributed by atoms with Crippen LogP contribution in [0.25, 0.3) is 0 Å². The molecule has 0 spiro atoms. The highest BCUT2D eigenvalue weighted by Crippen LogP contribution is 1.87. The molecule has 0 aliphatic carbocycles. The Bertz CT molecular complexity index is 420. The lowest BCUT2D eigenvalue weighted by atomic mass is 10.5. The van der Waals surface area contributed by atoms with E-state index >= 15 is 0 Å². The van der Waals surface area contributed by atoms with E-state index in [4.69, 9.17) is 5.26 Å². The van der Waals surface area contributed by atoms with E-state index in [1.165, 1.54) is 0 Å². The maximum absolute atomic E-state index is 8.15. The van der Waals surface area contributed by atoms with Gasteiger partial charge in [0.15, 0.2) is 0 Å². The number of nitrogens with zero attached hydrogens (tertiary/aromatic N) is 3. The predicted molar refractivity (Wildman–Crippen MR) is 56.8 cm³/mol. The van der Waals surface area contributed by atoms with Gasteiger partial charge in [-0.25, -0.2) is 9.13 Å². The van der Waals surface area contributed by atoms with Crippen molar-refractivity contribution in [3.63, 3.8) is 0 Å². The van der Waals surface area contributed by atoms with Gasteiger partial charge in [0.2, 0.25) is 6.33 Å². The minimum absolute atomic E-state index is 0.611. The van der Waals surface area contributed by atoms with Crippen molar-refractivity contribution in [3.05, 3.63) is 42.7 Å². The maximum Gasteiger partial charge on any atom is 0.243 e. The number of hydrogen-bond donors (Lipinski definition) is 1. The van der Waals surface area contributed by atoms with Crippen molar-refractivity contribution >= 4 is 0 Å². The van der Waals surface area contributed by atoms with Crippen LogP contribution in [-0.4, -0.2) is 9.55 Å². The second kappa shape index (κ2) is 5.66. The smallest absolute Gasteiger partial charge is 0.243 e. The topological polar surface area (TPSA) is 48.4 Å². The molecule has 0 aliphatic rings. The lowest BCUT2D eigenvalue weighted by molar-refractivity contribution is -0.671. The van der Waals surface area contributed by atoms with E-state index in [-0.39, 0.29) is 0 Å². The molecule has 0 aliphatic heterocycles. The Hall–Kier alpha value is -2.02. The van der Waals surface area contributed by atoms with E-state index in [9.17, 15) is 0 Å². The molecule has 78 valence electrons. The molecule has 0 saturated carbocycles. The van der Waals surface area contributed by atoms with Gasteiger partial charge in [0.1, 0.15) is 24.2 Å². The predicted octanol–water partition coefficient (Wildman–Crippen LogP) is 1.22. The summed E-state index contributed by atoms with van der Waals surface area (Å²) in [5.74, 6) is 0. The van der Waals surface area contributed by atoms with Crippen LogP contribution in [-0.2, 0) is 13.6 Å². The zero-order valence-corrected chi connectivity index (χ0v) is 9.01. The third kappa shape index (κ3) is 3.69. The highest BCUT2D eigenvalue weighted by molar-refractivity contribution is 5.18. The van der Waals surface area contributed by atoms with Crippen LogP contribution in [0.15, 0.2) is 37.1 Å². The van der Waals surface area contributed by atoms with Crippen molar-refractivity contribution < 1.29 is 4.57 Å². The molecule has 0 bridgehead atoms. The fourth-order valence-electron chi connectivity index (χ4n) is 1.09. The summed E-state index contributed by atoms with van der Waals surface area (Å²) in [4.78, 5) is 2.73. The van der Waals surface area contributed by atoms with E-state index in [0.717, 1.165) is 6.54 Å². The van der Waals surface area contributed by atoms with Crippen LogP contribution in [0.3, 0.4) is 0 Å². The third-order valence-corrected chi connectivity index (χ3v) is 1.91. The highest BCUT2D eigenvalue weighted by Gasteiger charge is 1.92. The summed E-state index contributed by atoms with van der Waals surface area (Å²) in [5.41, 5.74) is 0.611. The molecule has 4 heteroatoms. The molecular weight excluding hydrogens is 188 g/mol. The van der Waals surface area contributed by atoms with Gasteiger partial charge >= 0.3 is 0 Å². The Balaban J connectivity index is 0.000000151. The van der Waals surface area contributed by atoms with Gasteiger partial charge in [0, 0.05) is 6.20 Å². The number of nitrogens with one attached hydrogen (secondary N) is 1. The molecule has 0 fully saturated rings. The number of H-pyrrole nitrogens is 1. The fourth-order valence-corrected chi connectivity index (χ4v) is 1.09. The molecule has 2 rings (SSSR count). The molecule has 0 unspecified atom stereocenters. The number of aromatic amines is 1. The normalized spacial score (nSPS) is 8.87. The Labute approximate surface area is 89.4 Å². The van der Waals surface area contributed by atoms with Gasteiger partial charge in [-0.3, -0.25) is 0 Å². The van der Waals surface area contributed by atoms with E-state index in [1.54, 1.807) is 18.3 Å². The standard InChI is InChI=1S/C6H11N2.C5H4N2/c1-3-8-5-4-7(2)6-8;6-4-5-2-1-3-7-5/h4-6H,3H2,1-2H3;1-3,7H/q+1;. The molecule has 0 saturated heterocycles.